The summed E-state index contributed by atoms with van der Waals surface area (Å²) in [5.41, 5.74) is -0.274. The van der Waals surface area contributed by atoms with Gasteiger partial charge < -0.3 is 15.0 Å². The summed E-state index contributed by atoms with van der Waals surface area (Å²) in [6.07, 6.45) is 6.94. The first-order chi connectivity index (χ1) is 10.3. The Morgan fingerprint density at radius 2 is 2.05 bits per heavy atom. The summed E-state index contributed by atoms with van der Waals surface area (Å²) in [6, 6.07) is 0.480. The molecule has 6 heteroatoms. The standard InChI is InChI=1S/C16H28N2O2S.ClH/c1-20-12-16(6-8-17-9-7-16)15(19)18-10-11-21-14-5-3-2-4-13(14)18;/h13-14,17H,2-12H2,1H3;1H. The molecule has 2 atom stereocenters. The molecule has 2 saturated heterocycles. The number of halogens is 1. The van der Waals surface area contributed by atoms with Crippen molar-refractivity contribution in [3.8, 4) is 0 Å². The molecule has 3 rings (SSSR count). The van der Waals surface area contributed by atoms with E-state index in [-0.39, 0.29) is 17.8 Å². The maximum atomic E-state index is 13.3. The molecule has 0 bridgehead atoms. The largest absolute Gasteiger partial charge is 0.384 e. The van der Waals surface area contributed by atoms with Crippen LogP contribution >= 0.6 is 24.2 Å². The molecule has 0 spiro atoms. The van der Waals surface area contributed by atoms with Gasteiger partial charge in [-0.15, -0.1) is 12.4 Å². The summed E-state index contributed by atoms with van der Waals surface area (Å²) in [5.74, 6) is 1.48. The zero-order valence-corrected chi connectivity index (χ0v) is 15.1. The lowest BCUT2D eigenvalue weighted by Crippen LogP contribution is -2.58. The molecule has 2 unspecified atom stereocenters. The van der Waals surface area contributed by atoms with Gasteiger partial charge in [0.1, 0.15) is 0 Å². The van der Waals surface area contributed by atoms with Crippen LogP contribution in [0.2, 0.25) is 0 Å². The Bertz CT molecular complexity index is 370. The number of nitrogens with zero attached hydrogens (tertiary/aromatic N) is 1. The van der Waals surface area contributed by atoms with Crippen LogP contribution in [-0.2, 0) is 9.53 Å². The normalized spacial score (nSPS) is 31.0. The Morgan fingerprint density at radius 3 is 2.77 bits per heavy atom. The lowest BCUT2D eigenvalue weighted by atomic mass is 9.77. The third kappa shape index (κ3) is 3.58. The molecule has 3 fully saturated rings. The Morgan fingerprint density at radius 1 is 1.32 bits per heavy atom. The van der Waals surface area contributed by atoms with Crippen LogP contribution in [0.15, 0.2) is 0 Å². The zero-order valence-electron chi connectivity index (χ0n) is 13.5. The average molecular weight is 349 g/mol. The van der Waals surface area contributed by atoms with E-state index in [0.717, 1.165) is 38.2 Å². The number of nitrogens with one attached hydrogen (secondary N) is 1. The predicted molar refractivity (Wildman–Crippen MR) is 93.9 cm³/mol. The zero-order chi connectivity index (χ0) is 14.7. The molecule has 0 aromatic carbocycles. The highest BCUT2D eigenvalue weighted by Gasteiger charge is 2.46. The Hall–Kier alpha value is 0.0300. The predicted octanol–water partition coefficient (Wildman–Crippen LogP) is 2.31. The number of ether oxygens (including phenoxy) is 1. The van der Waals surface area contributed by atoms with Crippen molar-refractivity contribution in [2.75, 3.05) is 39.1 Å². The fraction of sp³-hybridized carbons (Fsp3) is 0.938. The molecule has 1 aliphatic carbocycles. The van der Waals surface area contributed by atoms with Crippen molar-refractivity contribution in [2.45, 2.75) is 49.8 Å². The number of fused-ring (bicyclic) bond motifs is 1. The maximum Gasteiger partial charge on any atom is 0.231 e. The first kappa shape index (κ1) is 18.4. The number of hydrogen-bond acceptors (Lipinski definition) is 4. The number of carbonyl (C=O) groups excluding carboxylic acids is 1. The average Bonchev–Trinajstić information content (AvgIpc) is 2.55. The van der Waals surface area contributed by atoms with Crippen LogP contribution < -0.4 is 5.32 Å². The molecule has 1 amide bonds. The van der Waals surface area contributed by atoms with E-state index in [2.05, 4.69) is 22.0 Å². The molecule has 1 saturated carbocycles. The monoisotopic (exact) mass is 348 g/mol. The van der Waals surface area contributed by atoms with Gasteiger partial charge in [0.05, 0.1) is 12.0 Å². The van der Waals surface area contributed by atoms with Gasteiger partial charge in [0, 0.05) is 30.7 Å². The molecule has 3 aliphatic rings. The second kappa shape index (κ2) is 8.22. The molecule has 22 heavy (non-hydrogen) atoms. The minimum atomic E-state index is -0.274. The number of thioether (sulfide) groups is 1. The van der Waals surface area contributed by atoms with E-state index in [9.17, 15) is 4.79 Å². The molecule has 0 aromatic rings. The van der Waals surface area contributed by atoms with Gasteiger partial charge in [-0.3, -0.25) is 4.79 Å². The Balaban J connectivity index is 0.00000176. The van der Waals surface area contributed by atoms with Crippen LogP contribution in [0.5, 0.6) is 0 Å². The highest BCUT2D eigenvalue weighted by atomic mass is 35.5. The second-order valence-corrected chi connectivity index (χ2v) is 8.07. The van der Waals surface area contributed by atoms with Gasteiger partial charge in [0.2, 0.25) is 5.91 Å². The third-order valence-corrected chi connectivity index (χ3v) is 6.82. The van der Waals surface area contributed by atoms with E-state index < -0.39 is 0 Å². The fourth-order valence-electron chi connectivity index (χ4n) is 4.25. The van der Waals surface area contributed by atoms with E-state index in [4.69, 9.17) is 4.74 Å². The molecular formula is C16H29ClN2O2S. The van der Waals surface area contributed by atoms with Gasteiger partial charge in [-0.05, 0) is 38.8 Å². The summed E-state index contributed by atoms with van der Waals surface area (Å²) < 4.78 is 5.45. The van der Waals surface area contributed by atoms with E-state index in [1.807, 2.05) is 0 Å². The summed E-state index contributed by atoms with van der Waals surface area (Å²) in [6.45, 7) is 3.38. The summed E-state index contributed by atoms with van der Waals surface area (Å²) in [4.78, 5) is 15.6. The topological polar surface area (TPSA) is 41.6 Å². The van der Waals surface area contributed by atoms with Crippen molar-refractivity contribution in [1.29, 1.82) is 0 Å². The molecule has 2 aliphatic heterocycles. The van der Waals surface area contributed by atoms with Crippen molar-refractivity contribution in [2.24, 2.45) is 5.41 Å². The number of hydrogen-bond donors (Lipinski definition) is 1. The van der Waals surface area contributed by atoms with Crippen LogP contribution in [0, 0.1) is 5.41 Å². The Kier molecular flexibility index (Phi) is 6.87. The van der Waals surface area contributed by atoms with Crippen LogP contribution in [0.4, 0.5) is 0 Å². The minimum absolute atomic E-state index is 0. The molecule has 0 radical (unpaired) electrons. The van der Waals surface area contributed by atoms with Gasteiger partial charge in [0.15, 0.2) is 0 Å². The van der Waals surface area contributed by atoms with Gasteiger partial charge in [-0.1, -0.05) is 12.8 Å². The first-order valence-electron chi connectivity index (χ1n) is 8.39. The second-order valence-electron chi connectivity index (χ2n) is 6.72. The number of piperidine rings is 1. The van der Waals surface area contributed by atoms with Gasteiger partial charge in [0.25, 0.3) is 0 Å². The van der Waals surface area contributed by atoms with Crippen LogP contribution in [-0.4, -0.2) is 61.2 Å². The molecule has 2 heterocycles. The van der Waals surface area contributed by atoms with E-state index in [1.165, 1.54) is 25.7 Å². The SMILES string of the molecule is COCC1(C(=O)N2CCSC3CCCCC32)CCNCC1.Cl. The van der Waals surface area contributed by atoms with Crippen LogP contribution in [0.3, 0.4) is 0 Å². The van der Waals surface area contributed by atoms with Crippen molar-refractivity contribution < 1.29 is 9.53 Å². The van der Waals surface area contributed by atoms with E-state index in [0.29, 0.717) is 23.8 Å². The number of methoxy groups -OCH3 is 1. The molecular weight excluding hydrogens is 320 g/mol. The number of rotatable bonds is 3. The van der Waals surface area contributed by atoms with Crippen LogP contribution in [0.25, 0.3) is 0 Å². The molecule has 4 nitrogen and oxygen atoms in total. The van der Waals surface area contributed by atoms with Crippen LogP contribution in [0.1, 0.15) is 38.5 Å². The quantitative estimate of drug-likeness (QED) is 0.849. The van der Waals surface area contributed by atoms with Crippen molar-refractivity contribution >= 4 is 30.1 Å². The highest BCUT2D eigenvalue weighted by molar-refractivity contribution is 8.00. The number of carbonyl (C=O) groups is 1. The Labute approximate surface area is 144 Å². The summed E-state index contributed by atoms with van der Waals surface area (Å²) in [7, 11) is 1.73. The van der Waals surface area contributed by atoms with Gasteiger partial charge in [-0.25, -0.2) is 0 Å². The van der Waals surface area contributed by atoms with Gasteiger partial charge in [-0.2, -0.15) is 11.8 Å². The van der Waals surface area contributed by atoms with Crippen molar-refractivity contribution in [3.63, 3.8) is 0 Å². The molecule has 0 aromatic heterocycles. The number of amides is 1. The third-order valence-electron chi connectivity index (χ3n) is 5.43. The lowest BCUT2D eigenvalue weighted by Gasteiger charge is -2.48. The van der Waals surface area contributed by atoms with E-state index in [1.54, 1.807) is 7.11 Å². The lowest BCUT2D eigenvalue weighted by molar-refractivity contribution is -0.150. The molecule has 1 N–H and O–H groups in total. The van der Waals surface area contributed by atoms with Crippen molar-refractivity contribution in [1.82, 2.24) is 10.2 Å². The fourth-order valence-corrected chi connectivity index (χ4v) is 5.70. The minimum Gasteiger partial charge on any atom is -0.384 e. The summed E-state index contributed by atoms with van der Waals surface area (Å²) >= 11 is 2.09. The summed E-state index contributed by atoms with van der Waals surface area (Å²) in [5, 5.41) is 4.06. The van der Waals surface area contributed by atoms with Gasteiger partial charge >= 0.3 is 0 Å². The molecule has 128 valence electrons. The van der Waals surface area contributed by atoms with Crippen molar-refractivity contribution in [3.05, 3.63) is 0 Å². The maximum absolute atomic E-state index is 13.3. The smallest absolute Gasteiger partial charge is 0.231 e. The van der Waals surface area contributed by atoms with E-state index >= 15 is 0 Å². The first-order valence-corrected chi connectivity index (χ1v) is 9.44. The highest BCUT2D eigenvalue weighted by Crippen LogP contribution is 2.39.